The second-order valence-corrected chi connectivity index (χ2v) is 6.19. The second kappa shape index (κ2) is 11.3. The largest absolute Gasteiger partial charge is 0.489 e. The Hall–Kier alpha value is -1.28. The minimum absolute atomic E-state index is 0. The van der Waals surface area contributed by atoms with Crippen LogP contribution < -0.4 is 15.4 Å². The van der Waals surface area contributed by atoms with E-state index in [1.807, 2.05) is 24.3 Å². The molecular formula is C18H31IN4O. The van der Waals surface area contributed by atoms with Crippen molar-refractivity contribution in [2.75, 3.05) is 34.3 Å². The number of hydrogen-bond donors (Lipinski definition) is 2. The zero-order valence-electron chi connectivity index (χ0n) is 15.4. The van der Waals surface area contributed by atoms with E-state index < -0.39 is 0 Å². The quantitative estimate of drug-likeness (QED) is 0.279. The molecule has 0 radical (unpaired) electrons. The smallest absolute Gasteiger partial charge is 0.191 e. The molecule has 0 saturated heterocycles. The Morgan fingerprint density at radius 3 is 2.54 bits per heavy atom. The molecule has 0 saturated carbocycles. The highest BCUT2D eigenvalue weighted by Crippen LogP contribution is 2.17. The van der Waals surface area contributed by atoms with Crippen molar-refractivity contribution >= 4 is 29.9 Å². The Morgan fingerprint density at radius 1 is 1.29 bits per heavy atom. The summed E-state index contributed by atoms with van der Waals surface area (Å²) in [4.78, 5) is 6.46. The number of guanidine groups is 1. The fraction of sp³-hybridized carbons (Fsp3) is 0.500. The molecule has 1 aromatic carbocycles. The number of rotatable bonds is 8. The summed E-state index contributed by atoms with van der Waals surface area (Å²) >= 11 is 0. The molecule has 2 N–H and O–H groups in total. The molecule has 0 unspecified atom stereocenters. The van der Waals surface area contributed by atoms with Crippen LogP contribution >= 0.6 is 24.0 Å². The lowest BCUT2D eigenvalue weighted by Crippen LogP contribution is -2.50. The van der Waals surface area contributed by atoms with Gasteiger partial charge in [-0.3, -0.25) is 4.99 Å². The average molecular weight is 446 g/mol. The maximum absolute atomic E-state index is 5.67. The van der Waals surface area contributed by atoms with Gasteiger partial charge in [-0.25, -0.2) is 0 Å². The minimum Gasteiger partial charge on any atom is -0.489 e. The highest BCUT2D eigenvalue weighted by molar-refractivity contribution is 14.0. The molecule has 24 heavy (non-hydrogen) atoms. The molecule has 0 fully saturated rings. The van der Waals surface area contributed by atoms with E-state index >= 15 is 0 Å². The van der Waals surface area contributed by atoms with E-state index in [2.05, 4.69) is 55.0 Å². The number of nitrogens with zero attached hydrogens (tertiary/aromatic N) is 2. The first-order valence-corrected chi connectivity index (χ1v) is 7.84. The number of nitrogens with one attached hydrogen (secondary N) is 2. The van der Waals surface area contributed by atoms with Gasteiger partial charge in [0.05, 0.1) is 0 Å². The highest BCUT2D eigenvalue weighted by Gasteiger charge is 2.20. The molecule has 0 aliphatic rings. The van der Waals surface area contributed by atoms with Crippen molar-refractivity contribution in [3.05, 3.63) is 42.5 Å². The summed E-state index contributed by atoms with van der Waals surface area (Å²) in [6.45, 7) is 10.0. The summed E-state index contributed by atoms with van der Waals surface area (Å²) in [5, 5.41) is 6.69. The highest BCUT2D eigenvalue weighted by atomic mass is 127. The molecule has 5 nitrogen and oxygen atoms in total. The van der Waals surface area contributed by atoms with E-state index in [0.717, 1.165) is 23.8 Å². The first kappa shape index (κ1) is 22.7. The first-order chi connectivity index (χ1) is 10.9. The first-order valence-electron chi connectivity index (χ1n) is 7.84. The van der Waals surface area contributed by atoms with Crippen LogP contribution in [-0.2, 0) is 6.54 Å². The molecule has 0 heterocycles. The summed E-state index contributed by atoms with van der Waals surface area (Å²) in [5.74, 6) is 1.64. The Kier molecular flexibility index (Phi) is 10.7. The van der Waals surface area contributed by atoms with Gasteiger partial charge in [0.1, 0.15) is 12.4 Å². The third-order valence-corrected chi connectivity index (χ3v) is 3.90. The van der Waals surface area contributed by atoms with Crippen LogP contribution in [0.3, 0.4) is 0 Å². The van der Waals surface area contributed by atoms with E-state index in [9.17, 15) is 0 Å². The lowest BCUT2D eigenvalue weighted by Gasteiger charge is -2.33. The maximum Gasteiger partial charge on any atom is 0.191 e. The summed E-state index contributed by atoms with van der Waals surface area (Å²) < 4.78 is 5.67. The lowest BCUT2D eigenvalue weighted by atomic mass is 10.0. The minimum atomic E-state index is 0. The van der Waals surface area contributed by atoms with Gasteiger partial charge in [-0.1, -0.05) is 30.9 Å². The van der Waals surface area contributed by atoms with Crippen molar-refractivity contribution in [2.24, 2.45) is 4.99 Å². The predicted octanol–water partition coefficient (Wildman–Crippen LogP) is 2.87. The average Bonchev–Trinajstić information content (AvgIpc) is 2.53. The van der Waals surface area contributed by atoms with Crippen molar-refractivity contribution in [3.8, 4) is 5.75 Å². The zero-order chi connectivity index (χ0) is 17.3. The molecule has 1 aromatic rings. The van der Waals surface area contributed by atoms with Crippen molar-refractivity contribution in [2.45, 2.75) is 25.9 Å². The van der Waals surface area contributed by atoms with Crippen LogP contribution in [-0.4, -0.2) is 50.7 Å². The molecule has 0 spiro atoms. The zero-order valence-corrected chi connectivity index (χ0v) is 17.8. The molecule has 1 rings (SSSR count). The monoisotopic (exact) mass is 446 g/mol. The fourth-order valence-electron chi connectivity index (χ4n) is 1.80. The maximum atomic E-state index is 5.67. The van der Waals surface area contributed by atoms with E-state index in [1.165, 1.54) is 0 Å². The number of benzene rings is 1. The van der Waals surface area contributed by atoms with Crippen LogP contribution in [0.1, 0.15) is 19.4 Å². The third-order valence-electron chi connectivity index (χ3n) is 3.90. The van der Waals surface area contributed by atoms with Crippen molar-refractivity contribution in [3.63, 3.8) is 0 Å². The predicted molar refractivity (Wildman–Crippen MR) is 114 cm³/mol. The third kappa shape index (κ3) is 7.53. The SMILES string of the molecule is C=CCOc1ccccc1CNC(=NC)NCC(C)(C)N(C)C.I. The fourth-order valence-corrected chi connectivity index (χ4v) is 1.80. The van der Waals surface area contributed by atoms with Crippen molar-refractivity contribution < 1.29 is 4.74 Å². The number of aliphatic imine (C=N–C) groups is 1. The summed E-state index contributed by atoms with van der Waals surface area (Å²) in [7, 11) is 5.92. The van der Waals surface area contributed by atoms with Crippen molar-refractivity contribution in [1.29, 1.82) is 0 Å². The Bertz CT molecular complexity index is 530. The van der Waals surface area contributed by atoms with Gasteiger partial charge in [0, 0.05) is 31.2 Å². The molecule has 0 bridgehead atoms. The molecule has 6 heteroatoms. The van der Waals surface area contributed by atoms with Crippen LogP contribution in [0.15, 0.2) is 41.9 Å². The molecule has 0 amide bonds. The number of likely N-dealkylation sites (N-methyl/N-ethyl adjacent to an activating group) is 1. The van der Waals surface area contributed by atoms with Gasteiger partial charge in [0.2, 0.25) is 0 Å². The van der Waals surface area contributed by atoms with Gasteiger partial charge in [0.25, 0.3) is 0 Å². The molecule has 136 valence electrons. The van der Waals surface area contributed by atoms with Crippen LogP contribution in [0.25, 0.3) is 0 Å². The molecular weight excluding hydrogens is 415 g/mol. The molecule has 0 aliphatic carbocycles. The van der Waals surface area contributed by atoms with Gasteiger partial charge >= 0.3 is 0 Å². The van der Waals surface area contributed by atoms with Gasteiger partial charge in [-0.15, -0.1) is 24.0 Å². The van der Waals surface area contributed by atoms with E-state index in [0.29, 0.717) is 13.2 Å². The van der Waals surface area contributed by atoms with Gasteiger partial charge < -0.3 is 20.3 Å². The Morgan fingerprint density at radius 2 is 1.96 bits per heavy atom. The van der Waals surface area contributed by atoms with E-state index in [1.54, 1.807) is 13.1 Å². The summed E-state index contributed by atoms with van der Waals surface area (Å²) in [6.07, 6.45) is 1.74. The standard InChI is InChI=1S/C18H30N4O.HI/c1-7-12-23-16-11-9-8-10-15(16)13-20-17(19-4)21-14-18(2,3)22(5)6;/h7-11H,1,12-14H2,2-6H3,(H2,19,20,21);1H. The van der Waals surface area contributed by atoms with Crippen LogP contribution in [0.2, 0.25) is 0 Å². The Labute approximate surface area is 163 Å². The number of para-hydroxylation sites is 1. The van der Waals surface area contributed by atoms with Crippen LogP contribution in [0, 0.1) is 0 Å². The van der Waals surface area contributed by atoms with Gasteiger partial charge in [-0.2, -0.15) is 0 Å². The van der Waals surface area contributed by atoms with Crippen LogP contribution in [0.4, 0.5) is 0 Å². The molecule has 0 aromatic heterocycles. The van der Waals surface area contributed by atoms with E-state index in [4.69, 9.17) is 4.74 Å². The number of halogens is 1. The normalized spacial score (nSPS) is 11.7. The number of hydrogen-bond acceptors (Lipinski definition) is 3. The molecule has 0 atom stereocenters. The van der Waals surface area contributed by atoms with Gasteiger partial charge in [-0.05, 0) is 34.0 Å². The Balaban J connectivity index is 0.00000529. The lowest BCUT2D eigenvalue weighted by molar-refractivity contribution is 0.197. The number of ether oxygens (including phenoxy) is 1. The summed E-state index contributed by atoms with van der Waals surface area (Å²) in [5.41, 5.74) is 1.13. The molecule has 0 aliphatic heterocycles. The van der Waals surface area contributed by atoms with Gasteiger partial charge in [0.15, 0.2) is 5.96 Å². The topological polar surface area (TPSA) is 48.9 Å². The second-order valence-electron chi connectivity index (χ2n) is 6.19. The van der Waals surface area contributed by atoms with Crippen molar-refractivity contribution in [1.82, 2.24) is 15.5 Å². The summed E-state index contributed by atoms with van der Waals surface area (Å²) in [6, 6.07) is 7.98. The van der Waals surface area contributed by atoms with E-state index in [-0.39, 0.29) is 29.5 Å². The van der Waals surface area contributed by atoms with Crippen LogP contribution in [0.5, 0.6) is 5.75 Å².